The Labute approximate surface area is 138 Å². The van der Waals surface area contributed by atoms with E-state index in [9.17, 15) is 4.79 Å². The van der Waals surface area contributed by atoms with E-state index >= 15 is 0 Å². The lowest BCUT2D eigenvalue weighted by atomic mass is 10.0. The van der Waals surface area contributed by atoms with Gasteiger partial charge in [-0.2, -0.15) is 0 Å². The molecule has 3 rings (SSSR count). The Bertz CT molecular complexity index is 897. The number of methoxy groups -OCH3 is 1. The third-order valence-electron chi connectivity index (χ3n) is 3.51. The molecule has 0 N–H and O–H groups in total. The molecule has 0 saturated carbocycles. The van der Waals surface area contributed by atoms with Crippen LogP contribution >= 0.6 is 11.6 Å². The highest BCUT2D eigenvalue weighted by Gasteiger charge is 2.17. The molecule has 5 heteroatoms. The summed E-state index contributed by atoms with van der Waals surface area (Å²) in [4.78, 5) is 12.2. The molecule has 2 aromatic carbocycles. The molecular weight excluding hydrogens is 316 g/mol. The van der Waals surface area contributed by atoms with E-state index in [2.05, 4.69) is 0 Å². The average molecular weight is 331 g/mol. The molecule has 3 aromatic rings. The van der Waals surface area contributed by atoms with Crippen molar-refractivity contribution in [3.8, 4) is 22.8 Å². The summed E-state index contributed by atoms with van der Waals surface area (Å²) >= 11 is 5.97. The van der Waals surface area contributed by atoms with Crippen LogP contribution in [0.15, 0.2) is 51.7 Å². The molecule has 1 aromatic heterocycles. The number of hydrogen-bond donors (Lipinski definition) is 0. The Morgan fingerprint density at radius 2 is 1.83 bits per heavy atom. The van der Waals surface area contributed by atoms with Gasteiger partial charge in [-0.25, -0.2) is 4.79 Å². The summed E-state index contributed by atoms with van der Waals surface area (Å²) in [6.07, 6.45) is 0. The molecular formula is C18H15ClO4. The molecule has 118 valence electrons. The largest absolute Gasteiger partial charge is 0.497 e. The van der Waals surface area contributed by atoms with Crippen LogP contribution in [0.5, 0.6) is 11.7 Å². The van der Waals surface area contributed by atoms with Crippen molar-refractivity contribution in [2.24, 2.45) is 0 Å². The molecule has 1 heterocycles. The van der Waals surface area contributed by atoms with Gasteiger partial charge in [-0.1, -0.05) is 23.7 Å². The third-order valence-corrected chi connectivity index (χ3v) is 3.77. The topological polar surface area (TPSA) is 48.7 Å². The molecule has 0 radical (unpaired) electrons. The van der Waals surface area contributed by atoms with Crippen LogP contribution in [0.3, 0.4) is 0 Å². The lowest BCUT2D eigenvalue weighted by molar-refractivity contribution is 0.247. The summed E-state index contributed by atoms with van der Waals surface area (Å²) in [7, 11) is 1.58. The van der Waals surface area contributed by atoms with Crippen molar-refractivity contribution in [3.63, 3.8) is 0 Å². The van der Waals surface area contributed by atoms with E-state index in [4.69, 9.17) is 25.5 Å². The highest BCUT2D eigenvalue weighted by molar-refractivity contribution is 6.30. The van der Waals surface area contributed by atoms with E-state index < -0.39 is 5.63 Å². The highest BCUT2D eigenvalue weighted by atomic mass is 35.5. The SMILES string of the molecule is CCOc1oc(=O)c2ccc(OC)cc2c1-c1ccc(Cl)cc1. The maximum Gasteiger partial charge on any atom is 0.346 e. The molecule has 0 aliphatic carbocycles. The molecule has 4 nitrogen and oxygen atoms in total. The Morgan fingerprint density at radius 1 is 1.09 bits per heavy atom. The first kappa shape index (κ1) is 15.4. The molecule has 0 aliphatic heterocycles. The summed E-state index contributed by atoms with van der Waals surface area (Å²) in [6.45, 7) is 2.22. The second-order valence-electron chi connectivity index (χ2n) is 4.90. The van der Waals surface area contributed by atoms with E-state index in [0.717, 1.165) is 5.56 Å². The van der Waals surface area contributed by atoms with Crippen LogP contribution in [0.2, 0.25) is 5.02 Å². The second kappa shape index (κ2) is 6.34. The van der Waals surface area contributed by atoms with Crippen LogP contribution in [0.4, 0.5) is 0 Å². The van der Waals surface area contributed by atoms with Gasteiger partial charge in [-0.15, -0.1) is 0 Å². The van der Waals surface area contributed by atoms with E-state index in [1.807, 2.05) is 19.1 Å². The van der Waals surface area contributed by atoms with Gasteiger partial charge >= 0.3 is 5.63 Å². The number of rotatable bonds is 4. The zero-order valence-corrected chi connectivity index (χ0v) is 13.5. The molecule has 0 bridgehead atoms. The van der Waals surface area contributed by atoms with E-state index in [-0.39, 0.29) is 5.95 Å². The van der Waals surface area contributed by atoms with Gasteiger partial charge in [0.2, 0.25) is 0 Å². The Balaban J connectivity index is 2.39. The van der Waals surface area contributed by atoms with E-state index in [0.29, 0.717) is 33.7 Å². The maximum atomic E-state index is 12.2. The molecule has 0 amide bonds. The minimum absolute atomic E-state index is 0.195. The quantitative estimate of drug-likeness (QED) is 0.705. The second-order valence-corrected chi connectivity index (χ2v) is 5.34. The van der Waals surface area contributed by atoms with Crippen molar-refractivity contribution in [2.45, 2.75) is 6.92 Å². The third kappa shape index (κ3) is 2.90. The smallest absolute Gasteiger partial charge is 0.346 e. The molecule has 0 aliphatic rings. The minimum Gasteiger partial charge on any atom is -0.497 e. The summed E-state index contributed by atoms with van der Waals surface area (Å²) in [6, 6.07) is 12.5. The first-order valence-corrected chi connectivity index (χ1v) is 7.55. The van der Waals surface area contributed by atoms with Crippen molar-refractivity contribution in [2.75, 3.05) is 13.7 Å². The summed E-state index contributed by atoms with van der Waals surface area (Å²) in [5, 5.41) is 1.82. The predicted octanol–water partition coefficient (Wildman–Crippen LogP) is 4.52. The van der Waals surface area contributed by atoms with Gasteiger partial charge in [-0.3, -0.25) is 0 Å². The Hall–Kier alpha value is -2.46. The van der Waals surface area contributed by atoms with E-state index in [1.54, 1.807) is 37.4 Å². The van der Waals surface area contributed by atoms with Crippen molar-refractivity contribution < 1.29 is 13.9 Å². The van der Waals surface area contributed by atoms with Crippen LogP contribution in [-0.2, 0) is 0 Å². The molecule has 23 heavy (non-hydrogen) atoms. The monoisotopic (exact) mass is 330 g/mol. The maximum absolute atomic E-state index is 12.2. The number of fused-ring (bicyclic) bond motifs is 1. The average Bonchev–Trinajstić information content (AvgIpc) is 2.56. The molecule has 0 fully saturated rings. The molecule has 0 unspecified atom stereocenters. The summed E-state index contributed by atoms with van der Waals surface area (Å²) in [5.41, 5.74) is 1.11. The predicted molar refractivity (Wildman–Crippen MR) is 90.7 cm³/mol. The summed E-state index contributed by atoms with van der Waals surface area (Å²) < 4.78 is 16.2. The number of benzene rings is 2. The highest BCUT2D eigenvalue weighted by Crippen LogP contribution is 2.37. The number of hydrogen-bond acceptors (Lipinski definition) is 4. The molecule has 0 atom stereocenters. The van der Waals surface area contributed by atoms with Gasteiger partial charge in [0.25, 0.3) is 5.95 Å². The van der Waals surface area contributed by atoms with E-state index in [1.165, 1.54) is 0 Å². The van der Waals surface area contributed by atoms with Gasteiger partial charge in [0.05, 0.1) is 24.7 Å². The first-order valence-electron chi connectivity index (χ1n) is 7.17. The Kier molecular flexibility index (Phi) is 4.26. The minimum atomic E-state index is -0.441. The van der Waals surface area contributed by atoms with Crippen molar-refractivity contribution in [1.29, 1.82) is 0 Å². The zero-order chi connectivity index (χ0) is 16.4. The standard InChI is InChI=1S/C18H15ClO4/c1-3-22-18-16(11-4-6-12(19)7-5-11)15-10-13(21-2)8-9-14(15)17(20)23-18/h4-10H,3H2,1-2H3. The van der Waals surface area contributed by atoms with Crippen LogP contribution in [0, 0.1) is 0 Å². The normalized spacial score (nSPS) is 10.7. The number of halogens is 1. The Morgan fingerprint density at radius 3 is 2.48 bits per heavy atom. The fraction of sp³-hybridized carbons (Fsp3) is 0.167. The van der Waals surface area contributed by atoms with Gasteiger partial charge in [0.15, 0.2) is 0 Å². The van der Waals surface area contributed by atoms with Gasteiger partial charge < -0.3 is 13.9 Å². The van der Waals surface area contributed by atoms with Gasteiger partial charge in [-0.05, 0) is 42.8 Å². The van der Waals surface area contributed by atoms with Crippen molar-refractivity contribution in [3.05, 3.63) is 57.9 Å². The lowest BCUT2D eigenvalue weighted by Gasteiger charge is -2.12. The molecule has 0 saturated heterocycles. The van der Waals surface area contributed by atoms with Crippen LogP contribution in [0.1, 0.15) is 6.92 Å². The van der Waals surface area contributed by atoms with Crippen LogP contribution < -0.4 is 15.1 Å². The first-order chi connectivity index (χ1) is 11.1. The van der Waals surface area contributed by atoms with Crippen LogP contribution in [-0.4, -0.2) is 13.7 Å². The van der Waals surface area contributed by atoms with Gasteiger partial charge in [0.1, 0.15) is 5.75 Å². The molecule has 0 spiro atoms. The van der Waals surface area contributed by atoms with Gasteiger partial charge in [0, 0.05) is 10.4 Å². The summed E-state index contributed by atoms with van der Waals surface area (Å²) in [5.74, 6) is 0.848. The fourth-order valence-electron chi connectivity index (χ4n) is 2.46. The van der Waals surface area contributed by atoms with Crippen LogP contribution in [0.25, 0.3) is 21.9 Å². The number of ether oxygens (including phenoxy) is 2. The fourth-order valence-corrected chi connectivity index (χ4v) is 2.58. The lowest BCUT2D eigenvalue weighted by Crippen LogP contribution is -2.05. The van der Waals surface area contributed by atoms with Crippen molar-refractivity contribution in [1.82, 2.24) is 0 Å². The van der Waals surface area contributed by atoms with Crippen molar-refractivity contribution >= 4 is 22.4 Å². The zero-order valence-electron chi connectivity index (χ0n) is 12.8.